The van der Waals surface area contributed by atoms with Crippen molar-refractivity contribution in [1.29, 1.82) is 0 Å². The second-order valence-corrected chi connectivity index (χ2v) is 7.89. The Bertz CT molecular complexity index is 1300. The molecular formula is C23H19Cl2N4+. The third-order valence-electron chi connectivity index (χ3n) is 5.12. The highest BCUT2D eigenvalue weighted by atomic mass is 35.5. The highest BCUT2D eigenvalue weighted by Gasteiger charge is 2.19. The van der Waals surface area contributed by atoms with Crippen molar-refractivity contribution in [3.63, 3.8) is 0 Å². The number of imidazole rings is 1. The second kappa shape index (κ2) is 7.47. The number of H-pyrrole nitrogens is 2. The summed E-state index contributed by atoms with van der Waals surface area (Å²) < 4.78 is 2.24. The van der Waals surface area contributed by atoms with Crippen molar-refractivity contribution in [2.45, 2.75) is 13.0 Å². The summed E-state index contributed by atoms with van der Waals surface area (Å²) in [7, 11) is 0. The largest absolute Gasteiger partial charge is 0.361 e. The molecule has 4 nitrogen and oxygen atoms in total. The van der Waals surface area contributed by atoms with Crippen LogP contribution in [0.5, 0.6) is 0 Å². The second-order valence-electron chi connectivity index (χ2n) is 7.04. The minimum atomic E-state index is 0.705. The molecule has 144 valence electrons. The third-order valence-corrected chi connectivity index (χ3v) is 5.67. The summed E-state index contributed by atoms with van der Waals surface area (Å²) in [6.07, 6.45) is 2.82. The lowest BCUT2D eigenvalue weighted by Crippen LogP contribution is -2.36. The van der Waals surface area contributed by atoms with Crippen LogP contribution in [0.2, 0.25) is 10.0 Å². The number of nitrogens with zero attached hydrogens (tertiary/aromatic N) is 1. The van der Waals surface area contributed by atoms with Gasteiger partial charge in [0.1, 0.15) is 16.7 Å². The maximum Gasteiger partial charge on any atom is 0.360 e. The predicted octanol–water partition coefficient (Wildman–Crippen LogP) is 6.23. The van der Waals surface area contributed by atoms with Gasteiger partial charge >= 0.3 is 5.95 Å². The molecule has 2 heterocycles. The van der Waals surface area contributed by atoms with Gasteiger partial charge in [0.15, 0.2) is 0 Å². The molecule has 5 aromatic rings. The smallest absolute Gasteiger partial charge is 0.360 e. The van der Waals surface area contributed by atoms with Crippen LogP contribution in [-0.4, -0.2) is 9.97 Å². The molecule has 5 rings (SSSR count). The summed E-state index contributed by atoms with van der Waals surface area (Å²) in [5, 5.41) is 5.93. The van der Waals surface area contributed by atoms with Crippen molar-refractivity contribution in [1.82, 2.24) is 9.97 Å². The Hall–Kier alpha value is -2.95. The first-order chi connectivity index (χ1) is 14.2. The van der Waals surface area contributed by atoms with Gasteiger partial charge in [-0.1, -0.05) is 53.5 Å². The van der Waals surface area contributed by atoms with E-state index in [2.05, 4.69) is 50.2 Å². The van der Waals surface area contributed by atoms with Gasteiger partial charge in [0.2, 0.25) is 0 Å². The number of aromatic nitrogens is 3. The highest BCUT2D eigenvalue weighted by molar-refractivity contribution is 6.35. The number of benzene rings is 3. The van der Waals surface area contributed by atoms with Gasteiger partial charge in [0.05, 0.1) is 17.1 Å². The lowest BCUT2D eigenvalue weighted by atomic mass is 10.1. The molecule has 0 saturated carbocycles. The van der Waals surface area contributed by atoms with Crippen molar-refractivity contribution in [3.8, 4) is 0 Å². The average Bonchev–Trinajstić information content (AvgIpc) is 3.31. The molecule has 6 heteroatoms. The van der Waals surface area contributed by atoms with E-state index in [0.717, 1.165) is 46.5 Å². The third kappa shape index (κ3) is 3.57. The Kier molecular flexibility index (Phi) is 4.66. The molecular weight excluding hydrogens is 403 g/mol. The number of rotatable bonds is 5. The van der Waals surface area contributed by atoms with Crippen LogP contribution in [0.25, 0.3) is 21.9 Å². The SMILES string of the molecule is Clc1ccc2c(c1)[nH]c(Nc1cc(Cl)c3cc[nH]c3c1)[n+]2CCc1ccccc1. The summed E-state index contributed by atoms with van der Waals surface area (Å²) in [5.74, 6) is 0.889. The molecule has 0 amide bonds. The lowest BCUT2D eigenvalue weighted by molar-refractivity contribution is -0.656. The van der Waals surface area contributed by atoms with Gasteiger partial charge in [-0.05, 0) is 35.9 Å². The van der Waals surface area contributed by atoms with Gasteiger partial charge in [-0.3, -0.25) is 0 Å². The van der Waals surface area contributed by atoms with E-state index in [1.54, 1.807) is 0 Å². The number of nitrogens with one attached hydrogen (secondary N) is 3. The number of anilines is 2. The van der Waals surface area contributed by atoms with Gasteiger partial charge < -0.3 is 4.98 Å². The number of hydrogen-bond donors (Lipinski definition) is 3. The lowest BCUT2D eigenvalue weighted by Gasteiger charge is -2.06. The van der Waals surface area contributed by atoms with Crippen LogP contribution in [-0.2, 0) is 13.0 Å². The summed E-state index contributed by atoms with van der Waals surface area (Å²) in [6.45, 7) is 0.826. The summed E-state index contributed by atoms with van der Waals surface area (Å²) in [6, 6.07) is 22.4. The highest BCUT2D eigenvalue weighted by Crippen LogP contribution is 2.29. The van der Waals surface area contributed by atoms with Gasteiger partial charge in [-0.25, -0.2) is 14.9 Å². The Labute approximate surface area is 178 Å². The van der Waals surface area contributed by atoms with Crippen molar-refractivity contribution >= 4 is 56.8 Å². The molecule has 0 fully saturated rings. The zero-order chi connectivity index (χ0) is 19.8. The normalized spacial score (nSPS) is 11.4. The van der Waals surface area contributed by atoms with Crippen molar-refractivity contribution in [2.75, 3.05) is 5.32 Å². The van der Waals surface area contributed by atoms with E-state index >= 15 is 0 Å². The molecule has 0 atom stereocenters. The zero-order valence-corrected chi connectivity index (χ0v) is 17.1. The predicted molar refractivity (Wildman–Crippen MR) is 120 cm³/mol. The molecule has 0 unspecified atom stereocenters. The quantitative estimate of drug-likeness (QED) is 0.289. The molecule has 29 heavy (non-hydrogen) atoms. The average molecular weight is 422 g/mol. The number of hydrogen-bond acceptors (Lipinski definition) is 1. The number of aryl methyl sites for hydroxylation is 2. The molecule has 0 aliphatic rings. The first-order valence-electron chi connectivity index (χ1n) is 9.46. The van der Waals surface area contributed by atoms with E-state index in [1.165, 1.54) is 5.56 Å². The number of aromatic amines is 2. The van der Waals surface area contributed by atoms with E-state index in [4.69, 9.17) is 23.2 Å². The van der Waals surface area contributed by atoms with Crippen LogP contribution in [0.3, 0.4) is 0 Å². The Morgan fingerprint density at radius 2 is 1.76 bits per heavy atom. The standard InChI is InChI=1S/C23H18Cl2N4/c24-16-6-7-22-21(12-16)28-23(29(22)11-9-15-4-2-1-3-5-15)27-17-13-19(25)18-8-10-26-20(18)14-17/h1-8,10,12-14,26H,9,11H2,(H,27,28)/p+1. The van der Waals surface area contributed by atoms with Crippen molar-refractivity contribution in [2.24, 2.45) is 0 Å². The van der Waals surface area contributed by atoms with E-state index in [-0.39, 0.29) is 0 Å². The van der Waals surface area contributed by atoms with Crippen LogP contribution in [0.1, 0.15) is 5.56 Å². The minimum absolute atomic E-state index is 0.705. The Morgan fingerprint density at radius 3 is 2.62 bits per heavy atom. The van der Waals surface area contributed by atoms with Crippen LogP contribution in [0, 0.1) is 0 Å². The van der Waals surface area contributed by atoms with Crippen LogP contribution >= 0.6 is 23.2 Å². The van der Waals surface area contributed by atoms with Crippen LogP contribution in [0.15, 0.2) is 72.9 Å². The maximum absolute atomic E-state index is 6.46. The first-order valence-corrected chi connectivity index (χ1v) is 10.2. The summed E-state index contributed by atoms with van der Waals surface area (Å²) in [4.78, 5) is 6.69. The van der Waals surface area contributed by atoms with Gasteiger partial charge in [-0.2, -0.15) is 0 Å². The van der Waals surface area contributed by atoms with Crippen molar-refractivity contribution in [3.05, 3.63) is 88.5 Å². The molecule has 0 spiro atoms. The molecule has 0 bridgehead atoms. The minimum Gasteiger partial charge on any atom is -0.361 e. The molecule has 3 aromatic carbocycles. The van der Waals surface area contributed by atoms with Crippen LogP contribution < -0.4 is 9.88 Å². The fourth-order valence-electron chi connectivity index (χ4n) is 3.71. The molecule has 0 aliphatic carbocycles. The van der Waals surface area contributed by atoms with Gasteiger partial charge in [0.25, 0.3) is 0 Å². The molecule has 0 saturated heterocycles. The molecule has 3 N–H and O–H groups in total. The number of fused-ring (bicyclic) bond motifs is 2. The van der Waals surface area contributed by atoms with Gasteiger partial charge in [0, 0.05) is 29.1 Å². The summed E-state index contributed by atoms with van der Waals surface area (Å²) in [5.41, 5.74) is 5.29. The fraction of sp³-hybridized carbons (Fsp3) is 0.0870. The first kappa shape index (κ1) is 18.1. The van der Waals surface area contributed by atoms with E-state index < -0.39 is 0 Å². The Balaban J connectivity index is 1.54. The van der Waals surface area contributed by atoms with Crippen LogP contribution in [0.4, 0.5) is 11.6 Å². The maximum atomic E-state index is 6.46. The van der Waals surface area contributed by atoms with Gasteiger partial charge in [-0.15, -0.1) is 0 Å². The Morgan fingerprint density at radius 1 is 0.897 bits per heavy atom. The topological polar surface area (TPSA) is 47.5 Å². The van der Waals surface area contributed by atoms with Crippen molar-refractivity contribution < 1.29 is 4.57 Å². The summed E-state index contributed by atoms with van der Waals surface area (Å²) >= 11 is 12.7. The van der Waals surface area contributed by atoms with E-state index in [1.807, 2.05) is 42.6 Å². The zero-order valence-electron chi connectivity index (χ0n) is 15.5. The monoisotopic (exact) mass is 421 g/mol. The molecule has 0 radical (unpaired) electrons. The molecule has 2 aromatic heterocycles. The fourth-order valence-corrected chi connectivity index (χ4v) is 4.16. The van der Waals surface area contributed by atoms with E-state index in [0.29, 0.717) is 10.0 Å². The van der Waals surface area contributed by atoms with E-state index in [9.17, 15) is 0 Å². The number of halogens is 2. The molecule has 0 aliphatic heterocycles.